The van der Waals surface area contributed by atoms with Gasteiger partial charge in [-0.25, -0.2) is 0 Å². The van der Waals surface area contributed by atoms with Gasteiger partial charge in [0, 0.05) is 16.4 Å². The third-order valence-electron chi connectivity index (χ3n) is 3.90. The van der Waals surface area contributed by atoms with Crippen LogP contribution in [0.4, 0.5) is 5.69 Å². The highest BCUT2D eigenvalue weighted by molar-refractivity contribution is 9.10. The molecule has 0 aliphatic carbocycles. The van der Waals surface area contributed by atoms with Crippen LogP contribution >= 0.6 is 15.9 Å². The van der Waals surface area contributed by atoms with Gasteiger partial charge in [-0.2, -0.15) is 10.5 Å². The molecule has 2 N–H and O–H groups in total. The summed E-state index contributed by atoms with van der Waals surface area (Å²) < 4.78 is 1.07. The molecule has 3 aromatic carbocycles. The number of rotatable bonds is 3. The van der Waals surface area contributed by atoms with E-state index in [1.807, 2.05) is 24.3 Å². The number of tetrazole rings is 1. The van der Waals surface area contributed by atoms with Crippen molar-refractivity contribution in [1.82, 2.24) is 20.6 Å². The van der Waals surface area contributed by atoms with Crippen molar-refractivity contribution in [2.45, 2.75) is 0 Å². The molecule has 0 aliphatic rings. The maximum atomic E-state index is 9.23. The molecule has 4 aromatic rings. The number of hydrogen-bond donors (Lipinski definition) is 2. The normalized spacial score (nSPS) is 11.6. The molecule has 0 atom stereocenters. The maximum absolute atomic E-state index is 9.23. The van der Waals surface area contributed by atoms with Crippen molar-refractivity contribution in [3.8, 4) is 6.07 Å². The van der Waals surface area contributed by atoms with Crippen LogP contribution in [0.1, 0.15) is 5.82 Å². The molecular weight excluding hydrogens is 380 g/mol. The minimum absolute atomic E-state index is 0.255. The first kappa shape index (κ1) is 15.3. The maximum Gasteiger partial charge on any atom is 0.216 e. The Hall–Kier alpha value is -3.24. The van der Waals surface area contributed by atoms with Crippen LogP contribution < -0.4 is 5.32 Å². The van der Waals surface area contributed by atoms with Crippen LogP contribution in [0, 0.1) is 11.3 Å². The predicted octanol–water partition coefficient (Wildman–Crippen LogP) is 4.25. The molecule has 0 radical (unpaired) electrons. The summed E-state index contributed by atoms with van der Waals surface area (Å²) in [5, 5.41) is 30.4. The van der Waals surface area contributed by atoms with Crippen LogP contribution in [0.3, 0.4) is 0 Å². The third-order valence-corrected chi connectivity index (χ3v) is 4.56. The van der Waals surface area contributed by atoms with Crippen LogP contribution in [0.25, 0.3) is 27.1 Å². The molecule has 0 fully saturated rings. The van der Waals surface area contributed by atoms with Crippen LogP contribution in [0.5, 0.6) is 0 Å². The lowest BCUT2D eigenvalue weighted by Gasteiger charge is -2.09. The summed E-state index contributed by atoms with van der Waals surface area (Å²) in [7, 11) is 0. The molecule has 1 heterocycles. The van der Waals surface area contributed by atoms with Gasteiger partial charge in [-0.05, 0) is 45.0 Å². The topological polar surface area (TPSA) is 90.3 Å². The monoisotopic (exact) mass is 390 g/mol. The van der Waals surface area contributed by atoms with E-state index < -0.39 is 0 Å². The number of allylic oxidation sites excluding steroid dienone is 1. The number of hydrogen-bond acceptors (Lipinski definition) is 5. The summed E-state index contributed by atoms with van der Waals surface area (Å²) in [4.78, 5) is 0. The number of nitriles is 1. The molecule has 0 aliphatic heterocycles. The van der Waals surface area contributed by atoms with Gasteiger partial charge < -0.3 is 5.32 Å². The number of aromatic amines is 1. The smallest absolute Gasteiger partial charge is 0.216 e. The number of nitrogens with one attached hydrogen (secondary N) is 2. The number of benzene rings is 3. The van der Waals surface area contributed by atoms with Gasteiger partial charge >= 0.3 is 0 Å². The van der Waals surface area contributed by atoms with Crippen LogP contribution in [0.15, 0.2) is 59.2 Å². The van der Waals surface area contributed by atoms with E-state index in [4.69, 9.17) is 0 Å². The van der Waals surface area contributed by atoms with Gasteiger partial charge in [0.15, 0.2) is 0 Å². The Morgan fingerprint density at radius 2 is 1.96 bits per heavy atom. The number of aromatic nitrogens is 4. The standard InChI is InChI=1S/C18H11BrN6/c19-17-7-11-5-6-13(8-16(11)14-3-1-2-4-15(14)17)21-10-12(9-20)18-22-24-25-23-18/h1-8,10,21H,(H,22,23,24,25). The lowest BCUT2D eigenvalue weighted by atomic mass is 10.0. The molecule has 7 heteroatoms. The summed E-state index contributed by atoms with van der Waals surface area (Å²) in [5.41, 5.74) is 1.17. The second-order valence-electron chi connectivity index (χ2n) is 5.39. The fraction of sp³-hybridized carbons (Fsp3) is 0. The van der Waals surface area contributed by atoms with Crippen molar-refractivity contribution >= 4 is 48.7 Å². The highest BCUT2D eigenvalue weighted by atomic mass is 79.9. The first-order valence-corrected chi connectivity index (χ1v) is 8.27. The zero-order valence-electron chi connectivity index (χ0n) is 12.9. The predicted molar refractivity (Wildman–Crippen MR) is 101 cm³/mol. The van der Waals surface area contributed by atoms with E-state index in [1.54, 1.807) is 6.20 Å². The first-order chi connectivity index (χ1) is 12.3. The second kappa shape index (κ2) is 6.34. The lowest BCUT2D eigenvalue weighted by Crippen LogP contribution is -1.93. The van der Waals surface area contributed by atoms with E-state index >= 15 is 0 Å². The summed E-state index contributed by atoms with van der Waals surface area (Å²) in [6.45, 7) is 0. The van der Waals surface area contributed by atoms with E-state index in [0.29, 0.717) is 5.57 Å². The molecule has 1 aromatic heterocycles. The van der Waals surface area contributed by atoms with Crippen molar-refractivity contribution < 1.29 is 0 Å². The molecule has 0 spiro atoms. The fourth-order valence-electron chi connectivity index (χ4n) is 2.72. The molecule has 25 heavy (non-hydrogen) atoms. The van der Waals surface area contributed by atoms with Crippen molar-refractivity contribution in [3.63, 3.8) is 0 Å². The third kappa shape index (κ3) is 2.84. The Morgan fingerprint density at radius 3 is 2.72 bits per heavy atom. The first-order valence-electron chi connectivity index (χ1n) is 7.48. The SMILES string of the molecule is N#CC(=CNc1ccc2cc(Br)c3ccccc3c2c1)c1nn[nH]n1. The number of nitrogens with zero attached hydrogens (tertiary/aromatic N) is 4. The number of fused-ring (bicyclic) bond motifs is 3. The molecule has 0 saturated carbocycles. The summed E-state index contributed by atoms with van der Waals surface area (Å²) in [5.74, 6) is 0.255. The van der Waals surface area contributed by atoms with E-state index in [1.165, 1.54) is 0 Å². The lowest BCUT2D eigenvalue weighted by molar-refractivity contribution is 0.881. The number of halogens is 1. The van der Waals surface area contributed by atoms with Crippen molar-refractivity contribution in [3.05, 3.63) is 65.0 Å². The fourth-order valence-corrected chi connectivity index (χ4v) is 3.32. The molecular formula is C18H11BrN6. The largest absolute Gasteiger partial charge is 0.360 e. The summed E-state index contributed by atoms with van der Waals surface area (Å²) >= 11 is 3.63. The van der Waals surface area contributed by atoms with E-state index in [2.05, 4.69) is 72.2 Å². The molecule has 0 amide bonds. The number of anilines is 1. The van der Waals surface area contributed by atoms with E-state index in [9.17, 15) is 5.26 Å². The highest BCUT2D eigenvalue weighted by Crippen LogP contribution is 2.33. The molecule has 0 unspecified atom stereocenters. The van der Waals surface area contributed by atoms with Crippen molar-refractivity contribution in [2.24, 2.45) is 0 Å². The van der Waals surface area contributed by atoms with Gasteiger partial charge in [-0.15, -0.1) is 10.2 Å². The van der Waals surface area contributed by atoms with Crippen LogP contribution in [-0.2, 0) is 0 Å². The molecule has 120 valence electrons. The minimum Gasteiger partial charge on any atom is -0.360 e. The highest BCUT2D eigenvalue weighted by Gasteiger charge is 2.07. The quantitative estimate of drug-likeness (QED) is 0.403. The zero-order chi connectivity index (χ0) is 17.2. The Bertz CT molecular complexity index is 1140. The Balaban J connectivity index is 1.78. The Morgan fingerprint density at radius 1 is 1.12 bits per heavy atom. The number of H-pyrrole nitrogens is 1. The molecule has 0 saturated heterocycles. The second-order valence-corrected chi connectivity index (χ2v) is 6.24. The summed E-state index contributed by atoms with van der Waals surface area (Å²) in [6.07, 6.45) is 1.58. The molecule has 4 rings (SSSR count). The van der Waals surface area contributed by atoms with E-state index in [0.717, 1.165) is 31.7 Å². The van der Waals surface area contributed by atoms with Crippen molar-refractivity contribution in [2.75, 3.05) is 5.32 Å². The average molecular weight is 391 g/mol. The van der Waals surface area contributed by atoms with Gasteiger partial charge in [-0.1, -0.05) is 46.3 Å². The average Bonchev–Trinajstić information content (AvgIpc) is 3.17. The van der Waals surface area contributed by atoms with Crippen LogP contribution in [-0.4, -0.2) is 20.6 Å². The Kier molecular flexibility index (Phi) is 3.88. The van der Waals surface area contributed by atoms with Gasteiger partial charge in [0.1, 0.15) is 11.6 Å². The van der Waals surface area contributed by atoms with Gasteiger partial charge in [0.25, 0.3) is 0 Å². The molecule has 6 nitrogen and oxygen atoms in total. The van der Waals surface area contributed by atoms with Gasteiger partial charge in [0.05, 0.1) is 0 Å². The summed E-state index contributed by atoms with van der Waals surface area (Å²) in [6, 6.07) is 18.5. The van der Waals surface area contributed by atoms with Gasteiger partial charge in [0.2, 0.25) is 5.82 Å². The Labute approximate surface area is 151 Å². The minimum atomic E-state index is 0.255. The molecule has 0 bridgehead atoms. The van der Waals surface area contributed by atoms with E-state index in [-0.39, 0.29) is 5.82 Å². The van der Waals surface area contributed by atoms with Crippen LogP contribution in [0.2, 0.25) is 0 Å². The zero-order valence-corrected chi connectivity index (χ0v) is 14.4. The van der Waals surface area contributed by atoms with Gasteiger partial charge in [-0.3, -0.25) is 0 Å². The van der Waals surface area contributed by atoms with Crippen molar-refractivity contribution in [1.29, 1.82) is 5.26 Å².